The summed E-state index contributed by atoms with van der Waals surface area (Å²) in [5, 5.41) is 4.00. The van der Waals surface area contributed by atoms with Gasteiger partial charge in [-0.15, -0.1) is 0 Å². The molecule has 18 heavy (non-hydrogen) atoms. The summed E-state index contributed by atoms with van der Waals surface area (Å²) in [7, 11) is 0. The van der Waals surface area contributed by atoms with Gasteiger partial charge >= 0.3 is 0 Å². The number of hydrogen-bond acceptors (Lipinski definition) is 3. The number of likely N-dealkylation sites (N-methyl/N-ethyl adjacent to an activating group) is 1. The van der Waals surface area contributed by atoms with Crippen LogP contribution < -0.4 is 5.32 Å². The Bertz CT molecular complexity index is 268. The summed E-state index contributed by atoms with van der Waals surface area (Å²) in [6.45, 7) is 8.80. The Morgan fingerprint density at radius 3 is 2.83 bits per heavy atom. The second kappa shape index (κ2) is 5.89. The topological polar surface area (TPSA) is 18.5 Å². The van der Waals surface area contributed by atoms with Crippen molar-refractivity contribution in [3.8, 4) is 0 Å². The van der Waals surface area contributed by atoms with Crippen LogP contribution in [-0.4, -0.2) is 60.6 Å². The first-order valence-corrected chi connectivity index (χ1v) is 8.09. The SMILES string of the molecule is CCN1CCCC(NC2CCN3CCCCC23)C1. The maximum absolute atomic E-state index is 4.00. The van der Waals surface area contributed by atoms with Crippen LogP contribution in [0.4, 0.5) is 0 Å². The van der Waals surface area contributed by atoms with Gasteiger partial charge in [-0.1, -0.05) is 13.3 Å². The van der Waals surface area contributed by atoms with Gasteiger partial charge < -0.3 is 10.2 Å². The molecule has 3 rings (SSSR count). The second-order valence-corrected chi connectivity index (χ2v) is 6.39. The fraction of sp³-hybridized carbons (Fsp3) is 1.00. The lowest BCUT2D eigenvalue weighted by Crippen LogP contribution is -2.53. The molecule has 3 saturated heterocycles. The van der Waals surface area contributed by atoms with E-state index in [1.807, 2.05) is 0 Å². The van der Waals surface area contributed by atoms with Crippen molar-refractivity contribution in [2.75, 3.05) is 32.7 Å². The molecule has 3 atom stereocenters. The first-order chi connectivity index (χ1) is 8.86. The summed E-state index contributed by atoms with van der Waals surface area (Å²) in [5.74, 6) is 0. The fourth-order valence-corrected chi connectivity index (χ4v) is 4.22. The Morgan fingerprint density at radius 1 is 1.00 bits per heavy atom. The minimum absolute atomic E-state index is 0.755. The Labute approximate surface area is 112 Å². The van der Waals surface area contributed by atoms with Crippen molar-refractivity contribution in [1.82, 2.24) is 15.1 Å². The molecular formula is C15H29N3. The molecule has 3 aliphatic heterocycles. The van der Waals surface area contributed by atoms with E-state index in [4.69, 9.17) is 0 Å². The molecule has 0 aliphatic carbocycles. The van der Waals surface area contributed by atoms with Crippen molar-refractivity contribution >= 4 is 0 Å². The molecule has 3 nitrogen and oxygen atoms in total. The van der Waals surface area contributed by atoms with Gasteiger partial charge in [0, 0.05) is 31.2 Å². The maximum Gasteiger partial charge on any atom is 0.0249 e. The smallest absolute Gasteiger partial charge is 0.0249 e. The van der Waals surface area contributed by atoms with Crippen molar-refractivity contribution in [3.05, 3.63) is 0 Å². The largest absolute Gasteiger partial charge is 0.308 e. The van der Waals surface area contributed by atoms with Crippen LogP contribution in [0.1, 0.15) is 45.4 Å². The van der Waals surface area contributed by atoms with Gasteiger partial charge in [0.25, 0.3) is 0 Å². The van der Waals surface area contributed by atoms with Crippen LogP contribution in [0, 0.1) is 0 Å². The molecule has 3 unspecified atom stereocenters. The lowest BCUT2D eigenvalue weighted by molar-refractivity contribution is 0.154. The third kappa shape index (κ3) is 2.73. The monoisotopic (exact) mass is 251 g/mol. The number of piperidine rings is 2. The molecule has 3 aliphatic rings. The van der Waals surface area contributed by atoms with E-state index >= 15 is 0 Å². The zero-order chi connectivity index (χ0) is 12.4. The van der Waals surface area contributed by atoms with Gasteiger partial charge in [-0.3, -0.25) is 4.90 Å². The molecule has 0 aromatic carbocycles. The number of fused-ring (bicyclic) bond motifs is 1. The molecule has 0 aromatic rings. The van der Waals surface area contributed by atoms with Crippen molar-refractivity contribution in [2.24, 2.45) is 0 Å². The van der Waals surface area contributed by atoms with Crippen LogP contribution in [-0.2, 0) is 0 Å². The first-order valence-electron chi connectivity index (χ1n) is 8.09. The quantitative estimate of drug-likeness (QED) is 0.823. The summed E-state index contributed by atoms with van der Waals surface area (Å²) in [6, 6.07) is 2.40. The van der Waals surface area contributed by atoms with E-state index in [0.29, 0.717) is 0 Å². The third-order valence-electron chi connectivity index (χ3n) is 5.26. The molecule has 0 aromatic heterocycles. The Morgan fingerprint density at radius 2 is 1.94 bits per heavy atom. The molecular weight excluding hydrogens is 222 g/mol. The first kappa shape index (κ1) is 12.9. The summed E-state index contributed by atoms with van der Waals surface area (Å²) in [6.07, 6.45) is 8.46. The molecule has 0 radical (unpaired) electrons. The van der Waals surface area contributed by atoms with E-state index in [0.717, 1.165) is 18.1 Å². The Hall–Kier alpha value is -0.120. The van der Waals surface area contributed by atoms with Crippen molar-refractivity contribution in [3.63, 3.8) is 0 Å². The zero-order valence-corrected chi connectivity index (χ0v) is 11.9. The van der Waals surface area contributed by atoms with Gasteiger partial charge in [0.05, 0.1) is 0 Å². The van der Waals surface area contributed by atoms with Gasteiger partial charge in [0.15, 0.2) is 0 Å². The van der Waals surface area contributed by atoms with E-state index in [1.54, 1.807) is 0 Å². The van der Waals surface area contributed by atoms with Gasteiger partial charge in [-0.2, -0.15) is 0 Å². The number of hydrogen-bond donors (Lipinski definition) is 1. The molecule has 0 bridgehead atoms. The Kier molecular flexibility index (Phi) is 4.22. The van der Waals surface area contributed by atoms with Crippen molar-refractivity contribution in [2.45, 2.75) is 63.6 Å². The standard InChI is InChI=1S/C15H29N3/c1-2-17-9-5-6-13(12-17)16-14-8-11-18-10-4-3-7-15(14)18/h13-16H,2-12H2,1H3. The Balaban J connectivity index is 1.53. The van der Waals surface area contributed by atoms with Crippen molar-refractivity contribution in [1.29, 1.82) is 0 Å². The summed E-state index contributed by atoms with van der Waals surface area (Å²) in [4.78, 5) is 5.34. The molecule has 0 saturated carbocycles. The van der Waals surface area contributed by atoms with Gasteiger partial charge in [-0.25, -0.2) is 0 Å². The average Bonchev–Trinajstić information content (AvgIpc) is 2.83. The highest BCUT2D eigenvalue weighted by Crippen LogP contribution is 2.28. The number of likely N-dealkylation sites (tertiary alicyclic amines) is 1. The molecule has 104 valence electrons. The summed E-state index contributed by atoms with van der Waals surface area (Å²) >= 11 is 0. The van der Waals surface area contributed by atoms with Crippen LogP contribution in [0.15, 0.2) is 0 Å². The van der Waals surface area contributed by atoms with Gasteiger partial charge in [0.2, 0.25) is 0 Å². The van der Waals surface area contributed by atoms with E-state index in [1.165, 1.54) is 71.2 Å². The zero-order valence-electron chi connectivity index (χ0n) is 11.9. The number of rotatable bonds is 3. The molecule has 3 fully saturated rings. The van der Waals surface area contributed by atoms with E-state index < -0.39 is 0 Å². The minimum Gasteiger partial charge on any atom is -0.308 e. The molecule has 1 N–H and O–H groups in total. The van der Waals surface area contributed by atoms with Crippen LogP contribution in [0.3, 0.4) is 0 Å². The maximum atomic E-state index is 4.00. The minimum atomic E-state index is 0.755. The lowest BCUT2D eigenvalue weighted by Gasteiger charge is -2.37. The highest BCUT2D eigenvalue weighted by atomic mass is 15.2. The summed E-state index contributed by atoms with van der Waals surface area (Å²) in [5.41, 5.74) is 0. The van der Waals surface area contributed by atoms with Crippen LogP contribution in [0.25, 0.3) is 0 Å². The predicted molar refractivity (Wildman–Crippen MR) is 75.9 cm³/mol. The highest BCUT2D eigenvalue weighted by molar-refractivity contribution is 4.96. The third-order valence-corrected chi connectivity index (χ3v) is 5.26. The predicted octanol–water partition coefficient (Wildman–Crippen LogP) is 1.69. The highest BCUT2D eigenvalue weighted by Gasteiger charge is 2.36. The van der Waals surface area contributed by atoms with E-state index in [-0.39, 0.29) is 0 Å². The van der Waals surface area contributed by atoms with Crippen LogP contribution >= 0.6 is 0 Å². The molecule has 3 heterocycles. The van der Waals surface area contributed by atoms with E-state index in [9.17, 15) is 0 Å². The average molecular weight is 251 g/mol. The fourth-order valence-electron chi connectivity index (χ4n) is 4.22. The number of nitrogens with one attached hydrogen (secondary N) is 1. The second-order valence-electron chi connectivity index (χ2n) is 6.39. The van der Waals surface area contributed by atoms with Gasteiger partial charge in [-0.05, 0) is 51.7 Å². The molecule has 0 spiro atoms. The summed E-state index contributed by atoms with van der Waals surface area (Å²) < 4.78 is 0. The van der Waals surface area contributed by atoms with E-state index in [2.05, 4.69) is 22.0 Å². The van der Waals surface area contributed by atoms with Crippen LogP contribution in [0.5, 0.6) is 0 Å². The van der Waals surface area contributed by atoms with Crippen LogP contribution in [0.2, 0.25) is 0 Å². The molecule has 0 amide bonds. The number of nitrogens with zero attached hydrogens (tertiary/aromatic N) is 2. The van der Waals surface area contributed by atoms with Crippen molar-refractivity contribution < 1.29 is 0 Å². The normalized spacial score (nSPS) is 38.8. The van der Waals surface area contributed by atoms with Gasteiger partial charge in [0.1, 0.15) is 0 Å². The lowest BCUT2D eigenvalue weighted by atomic mass is 9.97. The molecule has 3 heteroatoms.